The Balaban J connectivity index is 1.70. The lowest BCUT2D eigenvalue weighted by molar-refractivity contribution is -0.265. The Bertz CT molecular complexity index is 1760. The number of Topliss-reactive ketones (excluding diaryl/α,β-unsaturated/α-hetero) is 3. The maximum Gasteiger partial charge on any atom is 0.329 e. The standard InChI is InChI=1S/C51H79NO13/c1-30-16-12-11-13-17-31(2)42(61-8)28-38-21-19-36(7)51(60,65-38)48(57)49(58)52-23-15-14-18-39(52)50(59)64-43(33(4)26-37-20-22-40(53)44(27-37)62-9)29-41(54)32(3)25-35(6)46(56)47(63-10)45(55)34(5)24-30/h11-13,16-17,25,30,32-34,36-40,42-44,46-47,53,56,60H,14-15,18-24,26-29H2,1-10H3/b13-11+,16-12+,31-17+,35-25+/t30-,32-,33-,34-,36-,37+,38+,39+,40-,42+,43+,44-,46-,47+,51+/m1/s1. The molecule has 0 aromatic rings. The lowest BCUT2D eigenvalue weighted by atomic mass is 9.78. The molecular formula is C51H79NO13. The Hall–Kier alpha value is -3.37. The fourth-order valence-corrected chi connectivity index (χ4v) is 10.1. The number of esters is 1. The quantitative estimate of drug-likeness (QED) is 0.156. The second kappa shape index (κ2) is 25.1. The molecule has 2 bridgehead atoms. The molecule has 3 aliphatic heterocycles. The van der Waals surface area contributed by atoms with Crippen LogP contribution in [0.4, 0.5) is 0 Å². The molecule has 1 aliphatic carbocycles. The van der Waals surface area contributed by atoms with Crippen LogP contribution in [0.15, 0.2) is 47.6 Å². The van der Waals surface area contributed by atoms with Crippen molar-refractivity contribution in [2.75, 3.05) is 27.9 Å². The van der Waals surface area contributed by atoms with Crippen LogP contribution in [0.5, 0.6) is 0 Å². The normalized spacial score (nSPS) is 40.4. The van der Waals surface area contributed by atoms with Gasteiger partial charge in [0, 0.05) is 58.5 Å². The first-order valence-corrected chi connectivity index (χ1v) is 23.9. The Morgan fingerprint density at radius 3 is 2.25 bits per heavy atom. The van der Waals surface area contributed by atoms with Gasteiger partial charge in [-0.25, -0.2) is 4.79 Å². The number of allylic oxidation sites excluding steroid dienone is 6. The Morgan fingerprint density at radius 1 is 0.846 bits per heavy atom. The summed E-state index contributed by atoms with van der Waals surface area (Å²) in [6, 6.07) is -1.14. The zero-order valence-corrected chi connectivity index (χ0v) is 40.6. The van der Waals surface area contributed by atoms with Crippen LogP contribution in [0, 0.1) is 35.5 Å². The second-order valence-corrected chi connectivity index (χ2v) is 19.6. The van der Waals surface area contributed by atoms with Gasteiger partial charge in [0.05, 0.1) is 24.4 Å². The van der Waals surface area contributed by atoms with Gasteiger partial charge in [-0.2, -0.15) is 0 Å². The summed E-state index contributed by atoms with van der Waals surface area (Å²) in [7, 11) is 4.52. The molecule has 14 heteroatoms. The van der Waals surface area contributed by atoms with E-state index in [1.165, 1.54) is 12.0 Å². The maximum absolute atomic E-state index is 14.4. The van der Waals surface area contributed by atoms with E-state index >= 15 is 0 Å². The van der Waals surface area contributed by atoms with Gasteiger partial charge >= 0.3 is 5.97 Å². The van der Waals surface area contributed by atoms with Gasteiger partial charge in [-0.1, -0.05) is 71.1 Å². The number of piperidine rings is 1. The highest BCUT2D eigenvalue weighted by atomic mass is 16.6. The van der Waals surface area contributed by atoms with E-state index in [-0.39, 0.29) is 54.8 Å². The summed E-state index contributed by atoms with van der Waals surface area (Å²) >= 11 is 0. The van der Waals surface area contributed by atoms with Crippen LogP contribution in [0.1, 0.15) is 126 Å². The van der Waals surface area contributed by atoms with E-state index in [2.05, 4.69) is 0 Å². The average Bonchev–Trinajstić information content (AvgIpc) is 3.28. The number of aliphatic hydroxyl groups excluding tert-OH is 2. The number of rotatable bonds is 6. The predicted molar refractivity (Wildman–Crippen MR) is 245 cm³/mol. The molecule has 0 aromatic carbocycles. The van der Waals surface area contributed by atoms with Crippen LogP contribution in [0.3, 0.4) is 0 Å². The van der Waals surface area contributed by atoms with Gasteiger partial charge in [-0.15, -0.1) is 0 Å². The molecular weight excluding hydrogens is 835 g/mol. The van der Waals surface area contributed by atoms with Gasteiger partial charge in [0.1, 0.15) is 30.1 Å². The summed E-state index contributed by atoms with van der Waals surface area (Å²) in [6.45, 7) is 12.7. The molecule has 366 valence electrons. The molecule has 65 heavy (non-hydrogen) atoms. The van der Waals surface area contributed by atoms with Gasteiger partial charge in [-0.3, -0.25) is 19.2 Å². The number of aliphatic hydroxyl groups is 3. The second-order valence-electron chi connectivity index (χ2n) is 19.6. The maximum atomic E-state index is 14.4. The molecule has 2 saturated heterocycles. The van der Waals surface area contributed by atoms with Crippen molar-refractivity contribution < 1.29 is 63.0 Å². The third kappa shape index (κ3) is 14.3. The summed E-state index contributed by atoms with van der Waals surface area (Å²) in [5, 5.41) is 33.8. The first kappa shape index (κ1) is 54.2. The minimum atomic E-state index is -2.43. The SMILES string of the molecule is CO[C@H]1C[C@@H]2CC[C@@H](C)[C@](O)(O2)C(=O)C(=O)N2CCCC[C@H]2C(=O)O[C@H]([C@H](C)C[C@@H]2CC[C@@H](O)[C@H](OC)C2)CC(=O)[C@H](C)/C=C(\C)[C@@H](O)[C@@H](OC)C(=O)[C@H](C)C[C@H](C)/C=C/C=C/C=C/1C. The van der Waals surface area contributed by atoms with Crippen LogP contribution in [0.25, 0.3) is 0 Å². The van der Waals surface area contributed by atoms with Crippen LogP contribution in [0.2, 0.25) is 0 Å². The van der Waals surface area contributed by atoms with Gasteiger partial charge < -0.3 is 43.9 Å². The van der Waals surface area contributed by atoms with Crippen molar-refractivity contribution in [3.05, 3.63) is 47.6 Å². The highest BCUT2D eigenvalue weighted by Crippen LogP contribution is 2.38. The fourth-order valence-electron chi connectivity index (χ4n) is 10.1. The Kier molecular flexibility index (Phi) is 21.0. The number of amides is 1. The van der Waals surface area contributed by atoms with Gasteiger partial charge in [0.2, 0.25) is 5.79 Å². The Labute approximate surface area is 387 Å². The number of fused-ring (bicyclic) bond motifs is 3. The van der Waals surface area contributed by atoms with Crippen LogP contribution >= 0.6 is 0 Å². The smallest absolute Gasteiger partial charge is 0.329 e. The number of carbonyl (C=O) groups is 5. The minimum Gasteiger partial charge on any atom is -0.460 e. The van der Waals surface area contributed by atoms with Crippen molar-refractivity contribution in [3.8, 4) is 0 Å². The Morgan fingerprint density at radius 2 is 1.57 bits per heavy atom. The van der Waals surface area contributed by atoms with Crippen LogP contribution < -0.4 is 0 Å². The van der Waals surface area contributed by atoms with Crippen molar-refractivity contribution >= 4 is 29.2 Å². The molecule has 3 fully saturated rings. The molecule has 4 aliphatic rings. The fraction of sp³-hybridized carbons (Fsp3) is 0.745. The van der Waals surface area contributed by atoms with Crippen molar-refractivity contribution in [1.29, 1.82) is 0 Å². The van der Waals surface area contributed by atoms with Crippen molar-refractivity contribution in [2.24, 2.45) is 35.5 Å². The van der Waals surface area contributed by atoms with E-state index in [4.69, 9.17) is 23.7 Å². The number of hydrogen-bond donors (Lipinski definition) is 3. The molecule has 0 radical (unpaired) electrons. The summed E-state index contributed by atoms with van der Waals surface area (Å²) in [6.07, 6.45) is 11.2. The zero-order chi connectivity index (χ0) is 48.2. The molecule has 3 N–H and O–H groups in total. The number of nitrogens with zero attached hydrogens (tertiary/aromatic N) is 1. The molecule has 0 unspecified atom stereocenters. The van der Waals surface area contributed by atoms with Crippen molar-refractivity contribution in [2.45, 2.75) is 180 Å². The molecule has 0 aromatic heterocycles. The third-order valence-electron chi connectivity index (χ3n) is 14.5. The highest BCUT2D eigenvalue weighted by molar-refractivity contribution is 6.39. The van der Waals surface area contributed by atoms with Crippen LogP contribution in [-0.4, -0.2) is 132 Å². The predicted octanol–water partition coefficient (Wildman–Crippen LogP) is 6.18. The van der Waals surface area contributed by atoms with E-state index in [1.54, 1.807) is 41.1 Å². The lowest BCUT2D eigenvalue weighted by Gasteiger charge is -2.42. The van der Waals surface area contributed by atoms with Crippen molar-refractivity contribution in [3.63, 3.8) is 0 Å². The number of carbonyl (C=O) groups excluding carboxylic acids is 5. The molecule has 15 atom stereocenters. The number of cyclic esters (lactones) is 1. The molecule has 4 rings (SSSR count). The molecule has 3 heterocycles. The highest BCUT2D eigenvalue weighted by Gasteiger charge is 2.53. The lowest BCUT2D eigenvalue weighted by Crippen LogP contribution is -2.61. The minimum absolute atomic E-state index is 0.0193. The number of hydrogen-bond acceptors (Lipinski definition) is 13. The van der Waals surface area contributed by atoms with Gasteiger partial charge in [0.25, 0.3) is 11.7 Å². The zero-order valence-electron chi connectivity index (χ0n) is 40.6. The summed E-state index contributed by atoms with van der Waals surface area (Å²) < 4.78 is 29.4. The van der Waals surface area contributed by atoms with E-state index in [9.17, 15) is 39.3 Å². The molecule has 14 nitrogen and oxygen atoms in total. The first-order chi connectivity index (χ1) is 30.7. The molecule has 0 spiro atoms. The monoisotopic (exact) mass is 914 g/mol. The topological polar surface area (TPSA) is 195 Å². The van der Waals surface area contributed by atoms with Crippen LogP contribution in [-0.2, 0) is 47.7 Å². The number of ketones is 3. The number of ether oxygens (including phenoxy) is 5. The summed E-state index contributed by atoms with van der Waals surface area (Å²) in [5.74, 6) is -7.96. The van der Waals surface area contributed by atoms with E-state index < -0.39 is 83.9 Å². The summed E-state index contributed by atoms with van der Waals surface area (Å²) in [4.78, 5) is 71.8. The van der Waals surface area contributed by atoms with E-state index in [0.29, 0.717) is 63.4 Å². The third-order valence-corrected chi connectivity index (χ3v) is 14.5. The van der Waals surface area contributed by atoms with E-state index in [1.807, 2.05) is 58.1 Å². The van der Waals surface area contributed by atoms with E-state index in [0.717, 1.165) is 12.0 Å². The molecule has 1 amide bonds. The molecule has 1 saturated carbocycles. The van der Waals surface area contributed by atoms with Gasteiger partial charge in [-0.05, 0) is 107 Å². The first-order valence-electron chi connectivity index (χ1n) is 23.9. The largest absolute Gasteiger partial charge is 0.460 e. The number of methoxy groups -OCH3 is 3. The average molecular weight is 914 g/mol. The van der Waals surface area contributed by atoms with Crippen molar-refractivity contribution in [1.82, 2.24) is 4.90 Å². The van der Waals surface area contributed by atoms with Gasteiger partial charge in [0.15, 0.2) is 5.78 Å². The summed E-state index contributed by atoms with van der Waals surface area (Å²) in [5.41, 5.74) is 1.27.